The molecule has 2 aliphatic heterocycles. The number of hydrogen-bond acceptors (Lipinski definition) is 7. The summed E-state index contributed by atoms with van der Waals surface area (Å²) in [5, 5.41) is 3.71. The maximum Gasteiger partial charge on any atom is 0.229 e. The molecule has 1 fully saturated rings. The summed E-state index contributed by atoms with van der Waals surface area (Å²) in [4.78, 5) is 33.3. The number of carbonyl (C=O) groups is 1. The van der Waals surface area contributed by atoms with Gasteiger partial charge in [0, 0.05) is 43.3 Å². The highest BCUT2D eigenvalue weighted by atomic mass is 16.5. The van der Waals surface area contributed by atoms with E-state index < -0.39 is 0 Å². The van der Waals surface area contributed by atoms with Crippen molar-refractivity contribution in [3.05, 3.63) is 59.2 Å². The van der Waals surface area contributed by atoms with E-state index in [0.29, 0.717) is 18.2 Å². The van der Waals surface area contributed by atoms with E-state index in [1.807, 2.05) is 37.8 Å². The average molecular weight is 459 g/mol. The van der Waals surface area contributed by atoms with Crippen molar-refractivity contribution in [1.29, 1.82) is 0 Å². The Morgan fingerprint density at radius 2 is 1.97 bits per heavy atom. The van der Waals surface area contributed by atoms with Gasteiger partial charge in [-0.3, -0.25) is 4.79 Å². The molecular weight excluding hydrogens is 428 g/mol. The molecule has 5 heterocycles. The zero-order valence-corrected chi connectivity index (χ0v) is 20.1. The Labute approximate surface area is 199 Å². The lowest BCUT2D eigenvalue weighted by atomic mass is 9.86. The topological polar surface area (TPSA) is 93.1 Å². The van der Waals surface area contributed by atoms with Gasteiger partial charge in [0.15, 0.2) is 5.82 Å². The number of aromatic nitrogens is 4. The van der Waals surface area contributed by atoms with E-state index >= 15 is 0 Å². The van der Waals surface area contributed by atoms with Crippen LogP contribution in [0.25, 0.3) is 11.4 Å². The molecule has 0 aliphatic carbocycles. The van der Waals surface area contributed by atoms with Crippen LogP contribution in [-0.4, -0.2) is 56.5 Å². The molecule has 176 valence electrons. The van der Waals surface area contributed by atoms with E-state index in [9.17, 15) is 4.79 Å². The summed E-state index contributed by atoms with van der Waals surface area (Å²) >= 11 is 0. The lowest BCUT2D eigenvalue weighted by Crippen LogP contribution is -2.46. The zero-order valence-electron chi connectivity index (χ0n) is 20.1. The van der Waals surface area contributed by atoms with Crippen LogP contribution in [-0.2, 0) is 11.2 Å². The molecule has 5 rings (SSSR count). The third-order valence-electron chi connectivity index (χ3n) is 7.19. The molecule has 3 aromatic rings. The van der Waals surface area contributed by atoms with Gasteiger partial charge in [0.25, 0.3) is 0 Å². The third-order valence-corrected chi connectivity index (χ3v) is 7.19. The van der Waals surface area contributed by atoms with E-state index in [1.165, 1.54) is 5.56 Å². The van der Waals surface area contributed by atoms with Gasteiger partial charge >= 0.3 is 0 Å². The van der Waals surface area contributed by atoms with Gasteiger partial charge in [0.1, 0.15) is 5.82 Å². The standard InChI is InChI=1S/C26H30N6O2/c1-16-14-29-22(34-4)13-20(16)17(2)25(33)32-11-8-26(15-32)7-6-19-12-21(18(3)30-23(19)31-26)24-27-9-5-10-28-24/h5,9-10,12-14,17H,6-8,11,15H2,1-4H3,(H,30,31)/t17-,26+/m1/s1. The Balaban J connectivity index is 1.33. The highest BCUT2D eigenvalue weighted by Gasteiger charge is 2.43. The summed E-state index contributed by atoms with van der Waals surface area (Å²) in [6.07, 6.45) is 8.06. The van der Waals surface area contributed by atoms with E-state index in [-0.39, 0.29) is 17.4 Å². The van der Waals surface area contributed by atoms with Gasteiger partial charge in [0.2, 0.25) is 11.8 Å². The van der Waals surface area contributed by atoms with Crippen molar-refractivity contribution >= 4 is 11.7 Å². The number of aryl methyl sites for hydroxylation is 3. The first kappa shape index (κ1) is 22.3. The summed E-state index contributed by atoms with van der Waals surface area (Å²) < 4.78 is 5.27. The van der Waals surface area contributed by atoms with Gasteiger partial charge in [-0.05, 0) is 68.9 Å². The Morgan fingerprint density at radius 3 is 2.74 bits per heavy atom. The molecule has 1 amide bonds. The first-order valence-electron chi connectivity index (χ1n) is 11.7. The summed E-state index contributed by atoms with van der Waals surface area (Å²) in [6.45, 7) is 7.37. The number of pyridine rings is 2. The second kappa shape index (κ2) is 8.66. The van der Waals surface area contributed by atoms with Crippen molar-refractivity contribution < 1.29 is 9.53 Å². The van der Waals surface area contributed by atoms with Crippen LogP contribution in [0.4, 0.5) is 5.82 Å². The smallest absolute Gasteiger partial charge is 0.229 e. The maximum atomic E-state index is 13.4. The molecule has 8 nitrogen and oxygen atoms in total. The summed E-state index contributed by atoms with van der Waals surface area (Å²) in [5.74, 6) is 2.04. The van der Waals surface area contributed by atoms with Gasteiger partial charge in [-0.25, -0.2) is 19.9 Å². The van der Waals surface area contributed by atoms with Crippen LogP contribution >= 0.6 is 0 Å². The largest absolute Gasteiger partial charge is 0.481 e. The fourth-order valence-electron chi connectivity index (χ4n) is 5.17. The molecule has 1 spiro atoms. The molecule has 0 saturated carbocycles. The number of carbonyl (C=O) groups excluding carboxylic acids is 1. The fourth-order valence-corrected chi connectivity index (χ4v) is 5.17. The molecule has 34 heavy (non-hydrogen) atoms. The summed E-state index contributed by atoms with van der Waals surface area (Å²) in [7, 11) is 1.59. The van der Waals surface area contributed by atoms with Gasteiger partial charge in [0.05, 0.1) is 24.3 Å². The Hall–Kier alpha value is -3.55. The average Bonchev–Trinajstić information content (AvgIpc) is 3.26. The monoisotopic (exact) mass is 458 g/mol. The first-order valence-corrected chi connectivity index (χ1v) is 11.7. The van der Waals surface area contributed by atoms with Crippen LogP contribution in [0, 0.1) is 13.8 Å². The van der Waals surface area contributed by atoms with E-state index in [1.54, 1.807) is 25.7 Å². The summed E-state index contributed by atoms with van der Waals surface area (Å²) in [5.41, 5.74) is 4.87. The lowest BCUT2D eigenvalue weighted by molar-refractivity contribution is -0.131. The molecule has 1 saturated heterocycles. The van der Waals surface area contributed by atoms with Crippen LogP contribution < -0.4 is 10.1 Å². The third kappa shape index (κ3) is 3.97. The molecule has 0 unspecified atom stereocenters. The molecule has 0 bridgehead atoms. The Kier molecular flexibility index (Phi) is 5.67. The van der Waals surface area contributed by atoms with E-state index in [2.05, 4.69) is 26.3 Å². The minimum Gasteiger partial charge on any atom is -0.481 e. The highest BCUT2D eigenvalue weighted by molar-refractivity contribution is 5.84. The number of likely N-dealkylation sites (tertiary alicyclic amines) is 1. The van der Waals surface area contributed by atoms with E-state index in [0.717, 1.165) is 54.0 Å². The zero-order chi connectivity index (χ0) is 23.9. The fraction of sp³-hybridized carbons (Fsp3) is 0.423. The lowest BCUT2D eigenvalue weighted by Gasteiger charge is -2.36. The second-order valence-electron chi connectivity index (χ2n) is 9.42. The van der Waals surface area contributed by atoms with Crippen LogP contribution in [0.3, 0.4) is 0 Å². The number of anilines is 1. The molecule has 2 aliphatic rings. The number of nitrogens with one attached hydrogen (secondary N) is 1. The predicted octanol–water partition coefficient (Wildman–Crippen LogP) is 3.69. The number of methoxy groups -OCH3 is 1. The van der Waals surface area contributed by atoms with Gasteiger partial charge in [-0.15, -0.1) is 0 Å². The van der Waals surface area contributed by atoms with Crippen molar-refractivity contribution in [2.75, 3.05) is 25.5 Å². The molecule has 8 heteroatoms. The molecule has 2 atom stereocenters. The van der Waals surface area contributed by atoms with Crippen molar-refractivity contribution in [3.8, 4) is 17.3 Å². The summed E-state index contributed by atoms with van der Waals surface area (Å²) in [6, 6.07) is 5.85. The van der Waals surface area contributed by atoms with Crippen molar-refractivity contribution in [2.24, 2.45) is 0 Å². The van der Waals surface area contributed by atoms with Crippen LogP contribution in [0.5, 0.6) is 5.88 Å². The number of rotatable bonds is 4. The molecule has 0 aromatic carbocycles. The number of amides is 1. The van der Waals surface area contributed by atoms with Crippen molar-refractivity contribution in [3.63, 3.8) is 0 Å². The Morgan fingerprint density at radius 1 is 1.18 bits per heavy atom. The maximum absolute atomic E-state index is 13.4. The minimum atomic E-state index is -0.253. The first-order chi connectivity index (χ1) is 16.4. The molecule has 0 radical (unpaired) electrons. The SMILES string of the molecule is COc1cc([C@@H](C)C(=O)N2CC[C@@]3(CCc4cc(-c5ncccn5)c(C)nc4N3)C2)c(C)cn1. The van der Waals surface area contributed by atoms with Crippen LogP contribution in [0.1, 0.15) is 48.1 Å². The van der Waals surface area contributed by atoms with Crippen LogP contribution in [0.2, 0.25) is 0 Å². The highest BCUT2D eigenvalue weighted by Crippen LogP contribution is 2.38. The molecule has 3 aromatic heterocycles. The number of hydrogen-bond donors (Lipinski definition) is 1. The predicted molar refractivity (Wildman–Crippen MR) is 130 cm³/mol. The van der Waals surface area contributed by atoms with E-state index in [4.69, 9.17) is 9.72 Å². The Bertz CT molecular complexity index is 1230. The molecule has 1 N–H and O–H groups in total. The van der Waals surface area contributed by atoms with Crippen LogP contribution in [0.15, 0.2) is 36.8 Å². The quantitative estimate of drug-likeness (QED) is 0.637. The van der Waals surface area contributed by atoms with Gasteiger partial charge in [-0.1, -0.05) is 0 Å². The van der Waals surface area contributed by atoms with Gasteiger partial charge in [-0.2, -0.15) is 0 Å². The number of ether oxygens (including phenoxy) is 1. The normalized spacial score (nSPS) is 20.1. The minimum absolute atomic E-state index is 0.140. The number of nitrogens with zero attached hydrogens (tertiary/aromatic N) is 5. The van der Waals surface area contributed by atoms with Gasteiger partial charge < -0.3 is 15.0 Å². The number of fused-ring (bicyclic) bond motifs is 1. The van der Waals surface area contributed by atoms with Crippen molar-refractivity contribution in [1.82, 2.24) is 24.8 Å². The molecular formula is C26H30N6O2. The second-order valence-corrected chi connectivity index (χ2v) is 9.42. The van der Waals surface area contributed by atoms with Crippen molar-refractivity contribution in [2.45, 2.75) is 51.5 Å².